The standard InChI is InChI=1S/C14H20BrNO2/c1-11(2)16-7-8-17-12(9-16)10-18-14-6-4-3-5-13(14)15/h3-6,11-12H,7-10H2,1-2H3/t12-/m1/s1. The Morgan fingerprint density at radius 1 is 1.44 bits per heavy atom. The molecule has 1 atom stereocenters. The molecular formula is C14H20BrNO2. The van der Waals surface area contributed by atoms with Crippen molar-refractivity contribution in [3.8, 4) is 5.75 Å². The number of halogens is 1. The Hall–Kier alpha value is -0.580. The van der Waals surface area contributed by atoms with Crippen LogP contribution in [0.1, 0.15) is 13.8 Å². The number of morpholine rings is 1. The van der Waals surface area contributed by atoms with Crippen molar-refractivity contribution in [3.05, 3.63) is 28.7 Å². The summed E-state index contributed by atoms with van der Waals surface area (Å²) < 4.78 is 12.5. The highest BCUT2D eigenvalue weighted by molar-refractivity contribution is 9.10. The molecule has 18 heavy (non-hydrogen) atoms. The Balaban J connectivity index is 1.85. The molecule has 1 aromatic rings. The highest BCUT2D eigenvalue weighted by Gasteiger charge is 2.22. The van der Waals surface area contributed by atoms with Crippen molar-refractivity contribution in [1.82, 2.24) is 4.90 Å². The molecule has 2 rings (SSSR count). The summed E-state index contributed by atoms with van der Waals surface area (Å²) in [7, 11) is 0. The van der Waals surface area contributed by atoms with Gasteiger partial charge in [-0.25, -0.2) is 0 Å². The fourth-order valence-electron chi connectivity index (χ4n) is 2.06. The third-order valence-electron chi connectivity index (χ3n) is 3.16. The smallest absolute Gasteiger partial charge is 0.133 e. The van der Waals surface area contributed by atoms with Crippen LogP contribution in [-0.4, -0.2) is 43.3 Å². The first-order valence-corrected chi connectivity index (χ1v) is 7.19. The Bertz CT molecular complexity index is 384. The molecule has 0 bridgehead atoms. The van der Waals surface area contributed by atoms with Gasteiger partial charge >= 0.3 is 0 Å². The fourth-order valence-corrected chi connectivity index (χ4v) is 2.46. The van der Waals surface area contributed by atoms with Crippen LogP contribution in [0.15, 0.2) is 28.7 Å². The van der Waals surface area contributed by atoms with Crippen LogP contribution >= 0.6 is 15.9 Å². The van der Waals surface area contributed by atoms with E-state index in [-0.39, 0.29) is 6.10 Å². The van der Waals surface area contributed by atoms with E-state index < -0.39 is 0 Å². The number of hydrogen-bond acceptors (Lipinski definition) is 3. The largest absolute Gasteiger partial charge is 0.490 e. The van der Waals surface area contributed by atoms with Gasteiger partial charge in [-0.15, -0.1) is 0 Å². The highest BCUT2D eigenvalue weighted by atomic mass is 79.9. The summed E-state index contributed by atoms with van der Waals surface area (Å²) in [5.41, 5.74) is 0. The molecule has 3 nitrogen and oxygen atoms in total. The Morgan fingerprint density at radius 3 is 2.94 bits per heavy atom. The lowest BCUT2D eigenvalue weighted by Crippen LogP contribution is -2.47. The summed E-state index contributed by atoms with van der Waals surface area (Å²) in [6, 6.07) is 8.47. The predicted molar refractivity (Wildman–Crippen MR) is 76.1 cm³/mol. The van der Waals surface area contributed by atoms with Crippen molar-refractivity contribution in [2.45, 2.75) is 26.0 Å². The minimum Gasteiger partial charge on any atom is -0.490 e. The van der Waals surface area contributed by atoms with E-state index >= 15 is 0 Å². The van der Waals surface area contributed by atoms with Crippen molar-refractivity contribution in [3.63, 3.8) is 0 Å². The average molecular weight is 314 g/mol. The summed E-state index contributed by atoms with van der Waals surface area (Å²) in [6.45, 7) is 7.80. The minimum absolute atomic E-state index is 0.160. The zero-order valence-electron chi connectivity index (χ0n) is 10.9. The number of benzene rings is 1. The van der Waals surface area contributed by atoms with E-state index in [1.54, 1.807) is 0 Å². The van der Waals surface area contributed by atoms with Gasteiger partial charge in [-0.2, -0.15) is 0 Å². The molecule has 0 aliphatic carbocycles. The Kier molecular flexibility index (Phi) is 5.03. The maximum atomic E-state index is 5.81. The summed E-state index contributed by atoms with van der Waals surface area (Å²) >= 11 is 3.48. The van der Waals surface area contributed by atoms with Crippen LogP contribution in [0.4, 0.5) is 0 Å². The van der Waals surface area contributed by atoms with Crippen molar-refractivity contribution >= 4 is 15.9 Å². The summed E-state index contributed by atoms with van der Waals surface area (Å²) in [4.78, 5) is 2.43. The SMILES string of the molecule is CC(C)N1CCO[C@@H](COc2ccccc2Br)C1. The van der Waals surface area contributed by atoms with Crippen LogP contribution in [0.2, 0.25) is 0 Å². The van der Waals surface area contributed by atoms with Crippen LogP contribution in [0.3, 0.4) is 0 Å². The van der Waals surface area contributed by atoms with Crippen LogP contribution in [0.5, 0.6) is 5.75 Å². The van der Waals surface area contributed by atoms with E-state index in [9.17, 15) is 0 Å². The summed E-state index contributed by atoms with van der Waals surface area (Å²) in [6.07, 6.45) is 0.160. The fraction of sp³-hybridized carbons (Fsp3) is 0.571. The predicted octanol–water partition coefficient (Wildman–Crippen LogP) is 2.94. The van der Waals surface area contributed by atoms with Crippen molar-refractivity contribution < 1.29 is 9.47 Å². The van der Waals surface area contributed by atoms with Gasteiger partial charge < -0.3 is 9.47 Å². The topological polar surface area (TPSA) is 21.7 Å². The average Bonchev–Trinajstić information content (AvgIpc) is 2.38. The second kappa shape index (κ2) is 6.55. The first-order valence-electron chi connectivity index (χ1n) is 6.40. The van der Waals surface area contributed by atoms with Gasteiger partial charge in [0, 0.05) is 19.1 Å². The maximum absolute atomic E-state index is 5.81. The Morgan fingerprint density at radius 2 is 2.22 bits per heavy atom. The molecule has 100 valence electrons. The highest BCUT2D eigenvalue weighted by Crippen LogP contribution is 2.24. The molecule has 4 heteroatoms. The zero-order valence-corrected chi connectivity index (χ0v) is 12.5. The molecule has 0 radical (unpaired) electrons. The van der Waals surface area contributed by atoms with Gasteiger partial charge in [0.05, 0.1) is 11.1 Å². The lowest BCUT2D eigenvalue weighted by Gasteiger charge is -2.35. The van der Waals surface area contributed by atoms with Crippen LogP contribution in [-0.2, 0) is 4.74 Å². The van der Waals surface area contributed by atoms with Crippen molar-refractivity contribution in [2.24, 2.45) is 0 Å². The molecule has 0 N–H and O–H groups in total. The molecule has 0 saturated carbocycles. The molecule has 0 spiro atoms. The first-order chi connectivity index (χ1) is 8.66. The minimum atomic E-state index is 0.160. The second-order valence-electron chi connectivity index (χ2n) is 4.82. The Labute approximate surface area is 117 Å². The van der Waals surface area contributed by atoms with Gasteiger partial charge in [0.25, 0.3) is 0 Å². The van der Waals surface area contributed by atoms with Crippen molar-refractivity contribution in [1.29, 1.82) is 0 Å². The molecule has 1 fully saturated rings. The number of hydrogen-bond donors (Lipinski definition) is 0. The number of nitrogens with zero attached hydrogens (tertiary/aromatic N) is 1. The maximum Gasteiger partial charge on any atom is 0.133 e. The summed E-state index contributed by atoms with van der Waals surface area (Å²) in [5, 5.41) is 0. The second-order valence-corrected chi connectivity index (χ2v) is 5.68. The van der Waals surface area contributed by atoms with E-state index in [0.29, 0.717) is 12.6 Å². The molecule has 0 aromatic heterocycles. The van der Waals surface area contributed by atoms with Crippen LogP contribution in [0, 0.1) is 0 Å². The molecule has 1 heterocycles. The van der Waals surface area contributed by atoms with Crippen LogP contribution < -0.4 is 4.74 Å². The number of ether oxygens (including phenoxy) is 2. The lowest BCUT2D eigenvalue weighted by molar-refractivity contribution is -0.0565. The molecule has 1 saturated heterocycles. The zero-order chi connectivity index (χ0) is 13.0. The van der Waals surface area contributed by atoms with Gasteiger partial charge in [0.1, 0.15) is 18.5 Å². The van der Waals surface area contributed by atoms with Crippen molar-refractivity contribution in [2.75, 3.05) is 26.3 Å². The molecule has 0 amide bonds. The summed E-state index contributed by atoms with van der Waals surface area (Å²) in [5.74, 6) is 0.878. The van der Waals surface area contributed by atoms with Gasteiger partial charge in [0.2, 0.25) is 0 Å². The molecule has 0 unspecified atom stereocenters. The van der Waals surface area contributed by atoms with E-state index in [0.717, 1.165) is 29.9 Å². The van der Waals surface area contributed by atoms with Gasteiger partial charge in [-0.3, -0.25) is 4.90 Å². The number of rotatable bonds is 4. The lowest BCUT2D eigenvalue weighted by atomic mass is 10.2. The first kappa shape index (κ1) is 13.8. The number of para-hydroxylation sites is 1. The van der Waals surface area contributed by atoms with Gasteiger partial charge in [-0.05, 0) is 41.9 Å². The third kappa shape index (κ3) is 3.70. The van der Waals surface area contributed by atoms with Crippen LogP contribution in [0.25, 0.3) is 0 Å². The third-order valence-corrected chi connectivity index (χ3v) is 3.82. The van der Waals surface area contributed by atoms with E-state index in [1.165, 1.54) is 0 Å². The van der Waals surface area contributed by atoms with E-state index in [2.05, 4.69) is 34.7 Å². The molecule has 1 aliphatic rings. The quantitative estimate of drug-likeness (QED) is 0.853. The molecule has 1 aromatic carbocycles. The molecule has 1 aliphatic heterocycles. The normalized spacial score (nSPS) is 21.2. The monoisotopic (exact) mass is 313 g/mol. The van der Waals surface area contributed by atoms with Gasteiger partial charge in [-0.1, -0.05) is 12.1 Å². The van der Waals surface area contributed by atoms with E-state index in [1.807, 2.05) is 24.3 Å². The van der Waals surface area contributed by atoms with Gasteiger partial charge in [0.15, 0.2) is 0 Å². The van der Waals surface area contributed by atoms with E-state index in [4.69, 9.17) is 9.47 Å². The molecular weight excluding hydrogens is 294 g/mol.